The third kappa shape index (κ3) is 2.55. The summed E-state index contributed by atoms with van der Waals surface area (Å²) in [6, 6.07) is 5.78. The van der Waals surface area contributed by atoms with Gasteiger partial charge in [0.15, 0.2) is 0 Å². The van der Waals surface area contributed by atoms with E-state index in [0.717, 1.165) is 11.5 Å². The topological polar surface area (TPSA) is 46.9 Å². The quantitative estimate of drug-likeness (QED) is 0.908. The molecule has 0 bridgehead atoms. The first-order chi connectivity index (χ1) is 8.08. The average molecular weight is 249 g/mol. The van der Waals surface area contributed by atoms with Gasteiger partial charge in [0.05, 0.1) is 10.6 Å². The smallest absolute Gasteiger partial charge is 0.266 e. The zero-order valence-electron chi connectivity index (χ0n) is 10.1. The van der Waals surface area contributed by atoms with Crippen LogP contribution in [0.15, 0.2) is 23.6 Å². The third-order valence-electron chi connectivity index (χ3n) is 2.33. The van der Waals surface area contributed by atoms with Crippen molar-refractivity contribution in [1.29, 1.82) is 0 Å². The number of aromatic nitrogens is 2. The summed E-state index contributed by atoms with van der Waals surface area (Å²) in [7, 11) is 0. The van der Waals surface area contributed by atoms with Crippen molar-refractivity contribution in [3.8, 4) is 0 Å². The number of hydrogen-bond acceptors (Lipinski definition) is 3. The summed E-state index contributed by atoms with van der Waals surface area (Å²) in [6.45, 7) is 5.99. The third-order valence-corrected chi connectivity index (χ3v) is 3.20. The minimum absolute atomic E-state index is 0.0817. The summed E-state index contributed by atoms with van der Waals surface area (Å²) < 4.78 is 1.82. The molecule has 1 N–H and O–H groups in total. The number of anilines is 1. The van der Waals surface area contributed by atoms with Crippen molar-refractivity contribution in [2.45, 2.75) is 26.8 Å². The average Bonchev–Trinajstić information content (AvgIpc) is 2.86. The maximum atomic E-state index is 11.9. The summed E-state index contributed by atoms with van der Waals surface area (Å²) in [4.78, 5) is 12.6. The fourth-order valence-corrected chi connectivity index (χ4v) is 2.21. The predicted octanol–water partition coefficient (Wildman–Crippen LogP) is 3.09. The number of carbonyl (C=O) groups excluding carboxylic acids is 1. The molecule has 90 valence electrons. The largest absolute Gasteiger partial charge is 0.306 e. The first-order valence-electron chi connectivity index (χ1n) is 5.49. The maximum Gasteiger partial charge on any atom is 0.266 e. The fourth-order valence-electron chi connectivity index (χ4n) is 1.59. The number of nitrogens with zero attached hydrogens (tertiary/aromatic N) is 2. The van der Waals surface area contributed by atoms with Gasteiger partial charge in [0.25, 0.3) is 5.91 Å². The number of hydrogen-bond donors (Lipinski definition) is 1. The molecule has 0 aliphatic carbocycles. The molecule has 2 rings (SSSR count). The van der Waals surface area contributed by atoms with Gasteiger partial charge in [0, 0.05) is 12.1 Å². The monoisotopic (exact) mass is 249 g/mol. The zero-order valence-corrected chi connectivity index (χ0v) is 10.9. The Hall–Kier alpha value is -1.62. The van der Waals surface area contributed by atoms with Gasteiger partial charge >= 0.3 is 0 Å². The molecule has 0 aromatic carbocycles. The lowest BCUT2D eigenvalue weighted by Gasteiger charge is -2.11. The highest BCUT2D eigenvalue weighted by molar-refractivity contribution is 7.12. The van der Waals surface area contributed by atoms with Gasteiger partial charge in [-0.3, -0.25) is 4.79 Å². The molecule has 0 saturated heterocycles. The number of aryl methyl sites for hydroxylation is 1. The van der Waals surface area contributed by atoms with Crippen LogP contribution >= 0.6 is 11.3 Å². The first-order valence-corrected chi connectivity index (χ1v) is 6.37. The predicted molar refractivity (Wildman–Crippen MR) is 69.6 cm³/mol. The molecule has 0 unspecified atom stereocenters. The Morgan fingerprint density at radius 1 is 1.53 bits per heavy atom. The van der Waals surface area contributed by atoms with E-state index in [9.17, 15) is 4.79 Å². The van der Waals surface area contributed by atoms with Crippen molar-refractivity contribution >= 4 is 23.1 Å². The molecule has 0 aliphatic rings. The van der Waals surface area contributed by atoms with Gasteiger partial charge in [0.2, 0.25) is 0 Å². The fraction of sp³-hybridized carbons (Fsp3) is 0.333. The second-order valence-corrected chi connectivity index (χ2v) is 5.09. The number of thiophene rings is 1. The van der Waals surface area contributed by atoms with E-state index in [0.29, 0.717) is 4.88 Å². The summed E-state index contributed by atoms with van der Waals surface area (Å²) >= 11 is 1.43. The molecule has 2 aromatic rings. The molecule has 2 heterocycles. The van der Waals surface area contributed by atoms with Crippen molar-refractivity contribution < 1.29 is 4.79 Å². The highest BCUT2D eigenvalue weighted by Gasteiger charge is 2.13. The maximum absolute atomic E-state index is 11.9. The van der Waals surface area contributed by atoms with Crippen LogP contribution in [0.1, 0.15) is 35.3 Å². The van der Waals surface area contributed by atoms with E-state index in [1.54, 1.807) is 0 Å². The van der Waals surface area contributed by atoms with Crippen LogP contribution in [-0.2, 0) is 0 Å². The van der Waals surface area contributed by atoms with Crippen LogP contribution in [0.3, 0.4) is 0 Å². The van der Waals surface area contributed by atoms with Crippen molar-refractivity contribution in [2.75, 3.05) is 5.32 Å². The molecule has 1 amide bonds. The number of nitrogens with one attached hydrogen (secondary N) is 1. The molecular weight excluding hydrogens is 234 g/mol. The summed E-state index contributed by atoms with van der Waals surface area (Å²) in [5, 5.41) is 9.13. The summed E-state index contributed by atoms with van der Waals surface area (Å²) in [5.74, 6) is 0.665. The van der Waals surface area contributed by atoms with E-state index in [4.69, 9.17) is 0 Å². The second kappa shape index (κ2) is 4.71. The molecule has 0 fully saturated rings. The Morgan fingerprint density at radius 2 is 2.29 bits per heavy atom. The van der Waals surface area contributed by atoms with Crippen LogP contribution in [0.25, 0.3) is 0 Å². The highest BCUT2D eigenvalue weighted by atomic mass is 32.1. The zero-order chi connectivity index (χ0) is 12.4. The molecule has 0 radical (unpaired) electrons. The van der Waals surface area contributed by atoms with Gasteiger partial charge in [-0.05, 0) is 32.2 Å². The summed E-state index contributed by atoms with van der Waals surface area (Å²) in [6.07, 6.45) is 0. The van der Waals surface area contributed by atoms with Gasteiger partial charge in [0.1, 0.15) is 5.82 Å². The van der Waals surface area contributed by atoms with E-state index in [1.807, 2.05) is 49.0 Å². The molecular formula is C12H15N3OS. The molecule has 2 aromatic heterocycles. The van der Waals surface area contributed by atoms with Gasteiger partial charge in [-0.1, -0.05) is 6.07 Å². The standard InChI is InChI=1S/C12H15N3OS/c1-8(2)15-11(7-9(3)14-15)13-12(16)10-5-4-6-17-10/h4-8H,1-3H3,(H,13,16). The number of carbonyl (C=O) groups is 1. The lowest BCUT2D eigenvalue weighted by atomic mass is 10.4. The van der Waals surface area contributed by atoms with Crippen LogP contribution in [-0.4, -0.2) is 15.7 Å². The van der Waals surface area contributed by atoms with Crippen molar-refractivity contribution in [3.05, 3.63) is 34.2 Å². The minimum atomic E-state index is -0.0817. The Bertz CT molecular complexity index is 514. The Labute approximate surface area is 104 Å². The lowest BCUT2D eigenvalue weighted by molar-refractivity contribution is 0.102. The van der Waals surface area contributed by atoms with Crippen molar-refractivity contribution in [2.24, 2.45) is 0 Å². The molecule has 4 nitrogen and oxygen atoms in total. The van der Waals surface area contributed by atoms with E-state index in [2.05, 4.69) is 10.4 Å². The molecule has 0 saturated carbocycles. The van der Waals surface area contributed by atoms with E-state index in [-0.39, 0.29) is 11.9 Å². The molecule has 0 atom stereocenters. The lowest BCUT2D eigenvalue weighted by Crippen LogP contribution is -2.15. The van der Waals surface area contributed by atoms with Crippen LogP contribution in [0.5, 0.6) is 0 Å². The first kappa shape index (κ1) is 11.9. The highest BCUT2D eigenvalue weighted by Crippen LogP contribution is 2.18. The Morgan fingerprint density at radius 3 is 2.88 bits per heavy atom. The van der Waals surface area contributed by atoms with Gasteiger partial charge < -0.3 is 5.32 Å². The minimum Gasteiger partial charge on any atom is -0.306 e. The molecule has 0 aliphatic heterocycles. The second-order valence-electron chi connectivity index (χ2n) is 4.14. The van der Waals surface area contributed by atoms with Crippen LogP contribution in [0.2, 0.25) is 0 Å². The van der Waals surface area contributed by atoms with E-state index >= 15 is 0 Å². The normalized spacial score (nSPS) is 10.8. The molecule has 5 heteroatoms. The van der Waals surface area contributed by atoms with E-state index in [1.165, 1.54) is 11.3 Å². The van der Waals surface area contributed by atoms with Crippen LogP contribution < -0.4 is 5.32 Å². The van der Waals surface area contributed by atoms with Gasteiger partial charge in [-0.2, -0.15) is 5.10 Å². The van der Waals surface area contributed by atoms with Crippen molar-refractivity contribution in [3.63, 3.8) is 0 Å². The molecule has 17 heavy (non-hydrogen) atoms. The van der Waals surface area contributed by atoms with Gasteiger partial charge in [-0.15, -0.1) is 11.3 Å². The number of rotatable bonds is 3. The SMILES string of the molecule is Cc1cc(NC(=O)c2cccs2)n(C(C)C)n1. The van der Waals surface area contributed by atoms with Crippen LogP contribution in [0.4, 0.5) is 5.82 Å². The van der Waals surface area contributed by atoms with E-state index < -0.39 is 0 Å². The molecule has 0 spiro atoms. The Kier molecular flexibility index (Phi) is 3.28. The van der Waals surface area contributed by atoms with Gasteiger partial charge in [-0.25, -0.2) is 4.68 Å². The Balaban J connectivity index is 2.21. The summed E-state index contributed by atoms with van der Waals surface area (Å²) in [5.41, 5.74) is 0.903. The van der Waals surface area contributed by atoms with Crippen molar-refractivity contribution in [1.82, 2.24) is 9.78 Å². The number of amides is 1. The van der Waals surface area contributed by atoms with Crippen LogP contribution in [0, 0.1) is 6.92 Å².